The van der Waals surface area contributed by atoms with Crippen molar-refractivity contribution in [1.82, 2.24) is 24.4 Å². The van der Waals surface area contributed by atoms with Gasteiger partial charge in [-0.05, 0) is 17.7 Å². The van der Waals surface area contributed by atoms with Gasteiger partial charge in [-0.3, -0.25) is 9.36 Å². The van der Waals surface area contributed by atoms with Crippen LogP contribution in [0.25, 0.3) is 17.2 Å². The first-order valence-corrected chi connectivity index (χ1v) is 10.3. The molecule has 4 atom stereocenters. The maximum absolute atomic E-state index is 12.2. The Balaban J connectivity index is 1.45. The molecule has 11 nitrogen and oxygen atoms in total. The summed E-state index contributed by atoms with van der Waals surface area (Å²) in [6, 6.07) is 9.11. The van der Waals surface area contributed by atoms with E-state index in [1.165, 1.54) is 29.0 Å². The van der Waals surface area contributed by atoms with Crippen LogP contribution in [0.2, 0.25) is 0 Å². The van der Waals surface area contributed by atoms with Crippen LogP contribution in [0.4, 0.5) is 5.82 Å². The topological polar surface area (TPSA) is 163 Å². The second-order valence-corrected chi connectivity index (χ2v) is 7.69. The maximum Gasteiger partial charge on any atom is 0.219 e. The summed E-state index contributed by atoms with van der Waals surface area (Å²) in [6.45, 7) is 1.78. The number of carbonyl (C=O) groups excluding carboxylic acids is 1. The summed E-state index contributed by atoms with van der Waals surface area (Å²) in [5, 5.41) is 30.1. The van der Waals surface area contributed by atoms with Crippen LogP contribution in [0.5, 0.6) is 0 Å². The number of ether oxygens (including phenoxy) is 1. The van der Waals surface area contributed by atoms with E-state index in [4.69, 9.17) is 15.7 Å². The zero-order valence-electron chi connectivity index (χ0n) is 17.8. The van der Waals surface area contributed by atoms with E-state index < -0.39 is 24.5 Å². The molecular weight excluding hydrogens is 426 g/mol. The first-order valence-electron chi connectivity index (χ1n) is 10.3. The molecule has 1 amide bonds. The summed E-state index contributed by atoms with van der Waals surface area (Å²) < 4.78 is 7.41. The molecule has 4 N–H and O–H groups in total. The zero-order chi connectivity index (χ0) is 23.5. The number of nitrogen functional groups attached to an aromatic ring is 1. The van der Waals surface area contributed by atoms with Crippen LogP contribution in [0, 0.1) is 11.3 Å². The van der Waals surface area contributed by atoms with Gasteiger partial charge in [-0.2, -0.15) is 5.26 Å². The molecule has 11 heteroatoms. The van der Waals surface area contributed by atoms with E-state index in [-0.39, 0.29) is 24.8 Å². The number of hydrogen-bond donors (Lipinski definition) is 3. The Morgan fingerprint density at radius 3 is 2.73 bits per heavy atom. The lowest BCUT2D eigenvalue weighted by molar-refractivity contribution is -0.131. The summed E-state index contributed by atoms with van der Waals surface area (Å²) in [4.78, 5) is 25.9. The number of nitriles is 1. The van der Waals surface area contributed by atoms with Crippen LogP contribution in [-0.4, -0.2) is 71.9 Å². The fourth-order valence-corrected chi connectivity index (χ4v) is 3.70. The molecule has 1 unspecified atom stereocenters. The van der Waals surface area contributed by atoms with Gasteiger partial charge in [-0.1, -0.05) is 24.3 Å². The molecule has 1 saturated heterocycles. The molecule has 0 spiro atoms. The van der Waals surface area contributed by atoms with Gasteiger partial charge in [0.2, 0.25) is 5.91 Å². The highest BCUT2D eigenvalue weighted by Gasteiger charge is 2.45. The van der Waals surface area contributed by atoms with E-state index >= 15 is 0 Å². The number of benzene rings is 1. The smallest absolute Gasteiger partial charge is 0.219 e. The largest absolute Gasteiger partial charge is 0.387 e. The highest BCUT2D eigenvalue weighted by atomic mass is 16.6. The van der Waals surface area contributed by atoms with E-state index in [1.807, 2.05) is 18.2 Å². The number of aromatic nitrogens is 4. The van der Waals surface area contributed by atoms with Crippen molar-refractivity contribution in [2.45, 2.75) is 31.5 Å². The number of hydrogen-bond acceptors (Lipinski definition) is 9. The van der Waals surface area contributed by atoms with Crippen molar-refractivity contribution in [3.63, 3.8) is 0 Å². The Bertz CT molecular complexity index is 1220. The standard InChI is InChI=1S/C22H23N7O4/c1-13(30)28(8-2-3-14-4-6-15(9-23)7-5-14)10-16-18(31)19(32)22(33-16)29-12-27-17-20(24)25-11-26-21(17)29/h2-7,11-12,16,18-19,22,31-32H,8,10H2,1H3,(H2,24,25,26)/b3-2+/t16-,18-,19-,22?/m1/s1. The van der Waals surface area contributed by atoms with Gasteiger partial charge in [0.1, 0.15) is 30.2 Å². The van der Waals surface area contributed by atoms with E-state index in [0.29, 0.717) is 16.7 Å². The predicted octanol–water partition coefficient (Wildman–Crippen LogP) is 0.461. The Hall–Kier alpha value is -3.85. The fourth-order valence-electron chi connectivity index (χ4n) is 3.70. The molecule has 3 heterocycles. The van der Waals surface area contributed by atoms with E-state index in [9.17, 15) is 15.0 Å². The van der Waals surface area contributed by atoms with Gasteiger partial charge in [0.15, 0.2) is 17.7 Å². The van der Waals surface area contributed by atoms with Crippen LogP contribution in [0.1, 0.15) is 24.3 Å². The van der Waals surface area contributed by atoms with Gasteiger partial charge in [0, 0.05) is 20.0 Å². The number of aliphatic hydroxyl groups is 2. The molecular formula is C22H23N7O4. The predicted molar refractivity (Wildman–Crippen MR) is 118 cm³/mol. The minimum atomic E-state index is -1.26. The van der Waals surface area contributed by atoms with Crippen molar-refractivity contribution in [2.75, 3.05) is 18.8 Å². The number of amides is 1. The SMILES string of the molecule is CC(=O)N(C/C=C/c1ccc(C#N)cc1)C[C@H]1OC(n2cnc3c(N)ncnc32)[C@H](O)[C@@H]1O. The third-order valence-corrected chi connectivity index (χ3v) is 5.52. The molecule has 1 fully saturated rings. The lowest BCUT2D eigenvalue weighted by atomic mass is 10.1. The van der Waals surface area contributed by atoms with Gasteiger partial charge in [0.25, 0.3) is 0 Å². The summed E-state index contributed by atoms with van der Waals surface area (Å²) in [7, 11) is 0. The molecule has 4 rings (SSSR count). The Kier molecular flexibility index (Phi) is 6.32. The first kappa shape index (κ1) is 22.3. The molecule has 0 aliphatic carbocycles. The van der Waals surface area contributed by atoms with Crippen LogP contribution >= 0.6 is 0 Å². The van der Waals surface area contributed by atoms with Crippen molar-refractivity contribution >= 4 is 29.0 Å². The summed E-state index contributed by atoms with van der Waals surface area (Å²) in [5.74, 6) is -0.0121. The quantitative estimate of drug-likeness (QED) is 0.485. The highest BCUT2D eigenvalue weighted by Crippen LogP contribution is 2.32. The molecule has 2 aromatic heterocycles. The third-order valence-electron chi connectivity index (χ3n) is 5.52. The Morgan fingerprint density at radius 2 is 2.03 bits per heavy atom. The maximum atomic E-state index is 12.2. The Morgan fingerprint density at radius 1 is 1.27 bits per heavy atom. The average molecular weight is 449 g/mol. The van der Waals surface area contributed by atoms with Gasteiger partial charge < -0.3 is 25.6 Å². The summed E-state index contributed by atoms with van der Waals surface area (Å²) in [5.41, 5.74) is 8.00. The monoisotopic (exact) mass is 449 g/mol. The van der Waals surface area contributed by atoms with Gasteiger partial charge in [-0.25, -0.2) is 15.0 Å². The first-order chi connectivity index (χ1) is 15.9. The van der Waals surface area contributed by atoms with Crippen LogP contribution in [0.15, 0.2) is 43.0 Å². The van der Waals surface area contributed by atoms with E-state index in [1.54, 1.807) is 18.2 Å². The molecule has 3 aromatic rings. The summed E-state index contributed by atoms with van der Waals surface area (Å²) >= 11 is 0. The number of anilines is 1. The zero-order valence-corrected chi connectivity index (χ0v) is 17.8. The van der Waals surface area contributed by atoms with Crippen LogP contribution < -0.4 is 5.73 Å². The number of nitrogens with two attached hydrogens (primary N) is 1. The number of carbonyl (C=O) groups is 1. The minimum Gasteiger partial charge on any atom is -0.387 e. The Labute approximate surface area is 189 Å². The second kappa shape index (κ2) is 9.33. The number of aliphatic hydroxyl groups excluding tert-OH is 2. The third kappa shape index (κ3) is 4.54. The van der Waals surface area contributed by atoms with Crippen molar-refractivity contribution in [2.24, 2.45) is 0 Å². The number of rotatable bonds is 6. The number of fused-ring (bicyclic) bond motifs is 1. The van der Waals surface area contributed by atoms with E-state index in [0.717, 1.165) is 5.56 Å². The lowest BCUT2D eigenvalue weighted by Crippen LogP contribution is -2.42. The summed E-state index contributed by atoms with van der Waals surface area (Å²) in [6.07, 6.45) is 2.08. The molecule has 0 bridgehead atoms. The van der Waals surface area contributed by atoms with Crippen LogP contribution in [0.3, 0.4) is 0 Å². The normalized spacial score (nSPS) is 22.6. The van der Waals surface area contributed by atoms with Crippen molar-refractivity contribution in [3.05, 3.63) is 54.1 Å². The van der Waals surface area contributed by atoms with Crippen LogP contribution in [-0.2, 0) is 9.53 Å². The molecule has 0 radical (unpaired) electrons. The average Bonchev–Trinajstić information content (AvgIpc) is 3.36. The molecule has 0 saturated carbocycles. The van der Waals surface area contributed by atoms with Gasteiger partial charge in [-0.15, -0.1) is 0 Å². The van der Waals surface area contributed by atoms with Gasteiger partial charge in [0.05, 0.1) is 18.0 Å². The van der Waals surface area contributed by atoms with E-state index in [2.05, 4.69) is 21.0 Å². The van der Waals surface area contributed by atoms with Crippen molar-refractivity contribution in [1.29, 1.82) is 5.26 Å². The second-order valence-electron chi connectivity index (χ2n) is 7.69. The van der Waals surface area contributed by atoms with Gasteiger partial charge >= 0.3 is 0 Å². The number of nitrogens with zero attached hydrogens (tertiary/aromatic N) is 6. The lowest BCUT2D eigenvalue weighted by Gasteiger charge is -2.24. The van der Waals surface area contributed by atoms with Crippen molar-refractivity contribution in [3.8, 4) is 6.07 Å². The minimum absolute atomic E-state index is 0.0749. The fraction of sp³-hybridized carbons (Fsp3) is 0.318. The molecule has 1 aliphatic heterocycles. The highest BCUT2D eigenvalue weighted by molar-refractivity contribution is 5.81. The van der Waals surface area contributed by atoms with Crippen molar-refractivity contribution < 1.29 is 19.7 Å². The molecule has 33 heavy (non-hydrogen) atoms. The molecule has 1 aromatic carbocycles. The molecule has 170 valence electrons. The molecule has 1 aliphatic rings. The number of imidazole rings is 1.